The first-order valence-corrected chi connectivity index (χ1v) is 15.9. The molecule has 4 saturated heterocycles. The zero-order valence-electron chi connectivity index (χ0n) is 24.1. The normalized spacial score (nSPS) is 24.5. The molecular formula is C32H36ClFN6O3. The van der Waals surface area contributed by atoms with Crippen LogP contribution in [-0.2, 0) is 13.0 Å². The van der Waals surface area contributed by atoms with E-state index in [0.29, 0.717) is 50.6 Å². The Bertz CT molecular complexity index is 1580. The number of piperazine rings is 1. The molecule has 1 amide bonds. The van der Waals surface area contributed by atoms with Crippen LogP contribution in [0.25, 0.3) is 10.8 Å². The molecule has 11 heteroatoms. The fourth-order valence-electron chi connectivity index (χ4n) is 8.52. The molecule has 3 aromatic rings. The van der Waals surface area contributed by atoms with Gasteiger partial charge < -0.3 is 19.6 Å². The molecule has 226 valence electrons. The summed E-state index contributed by atoms with van der Waals surface area (Å²) in [5.41, 5.74) is 2.94. The van der Waals surface area contributed by atoms with Crippen LogP contribution in [0, 0.1) is 5.82 Å². The highest BCUT2D eigenvalue weighted by molar-refractivity contribution is 6.36. The van der Waals surface area contributed by atoms with E-state index in [1.807, 2.05) is 18.2 Å². The SMILES string of the molecule is O=C(O)N1[C@@H]2CC[C@H]1CN(c1nc(OCC34CCCN3CCC4)nc3c1CCN(c1cccc4ccc(F)c(Cl)c14)C3)C2. The minimum atomic E-state index is -0.835. The number of fused-ring (bicyclic) bond motifs is 5. The van der Waals surface area contributed by atoms with Crippen LogP contribution >= 0.6 is 11.6 Å². The Kier molecular flexibility index (Phi) is 6.56. The number of ether oxygens (including phenoxy) is 1. The smallest absolute Gasteiger partial charge is 0.407 e. The van der Waals surface area contributed by atoms with Gasteiger partial charge in [0.15, 0.2) is 0 Å². The monoisotopic (exact) mass is 606 g/mol. The number of hydrogen-bond acceptors (Lipinski definition) is 7. The topological polar surface area (TPSA) is 85.3 Å². The number of carboxylic acid groups (broad SMARTS) is 1. The molecule has 0 radical (unpaired) electrons. The van der Waals surface area contributed by atoms with Crippen molar-refractivity contribution >= 4 is 40.0 Å². The Hall–Kier alpha value is -3.37. The van der Waals surface area contributed by atoms with Gasteiger partial charge >= 0.3 is 12.1 Å². The van der Waals surface area contributed by atoms with Crippen LogP contribution in [0.3, 0.4) is 0 Å². The largest absolute Gasteiger partial charge is 0.465 e. The number of halogens is 2. The van der Waals surface area contributed by atoms with Crippen molar-refractivity contribution < 1.29 is 19.0 Å². The summed E-state index contributed by atoms with van der Waals surface area (Å²) in [5, 5.41) is 11.6. The van der Waals surface area contributed by atoms with Crippen molar-refractivity contribution in [1.82, 2.24) is 19.8 Å². The number of rotatable bonds is 5. The van der Waals surface area contributed by atoms with E-state index in [-0.39, 0.29) is 22.6 Å². The zero-order chi connectivity index (χ0) is 29.3. The van der Waals surface area contributed by atoms with Crippen LogP contribution in [0.4, 0.5) is 20.7 Å². The molecule has 5 aliphatic rings. The lowest BCUT2D eigenvalue weighted by Gasteiger charge is -2.41. The van der Waals surface area contributed by atoms with E-state index in [4.69, 9.17) is 26.3 Å². The molecule has 0 saturated carbocycles. The second-order valence-electron chi connectivity index (χ2n) is 12.9. The van der Waals surface area contributed by atoms with E-state index >= 15 is 0 Å². The van der Waals surface area contributed by atoms with Crippen LogP contribution in [0.2, 0.25) is 5.02 Å². The molecule has 8 rings (SSSR count). The van der Waals surface area contributed by atoms with E-state index < -0.39 is 11.9 Å². The van der Waals surface area contributed by atoms with Crippen molar-refractivity contribution in [3.05, 3.63) is 52.4 Å². The highest BCUT2D eigenvalue weighted by atomic mass is 35.5. The van der Waals surface area contributed by atoms with Gasteiger partial charge in [0, 0.05) is 36.3 Å². The average molecular weight is 607 g/mol. The Labute approximate surface area is 255 Å². The predicted molar refractivity (Wildman–Crippen MR) is 163 cm³/mol. The van der Waals surface area contributed by atoms with Crippen LogP contribution in [0.5, 0.6) is 6.01 Å². The minimum Gasteiger partial charge on any atom is -0.465 e. The fraction of sp³-hybridized carbons (Fsp3) is 0.531. The number of carbonyl (C=O) groups is 1. The summed E-state index contributed by atoms with van der Waals surface area (Å²) in [6.45, 7) is 5.28. The van der Waals surface area contributed by atoms with Crippen molar-refractivity contribution in [2.24, 2.45) is 0 Å². The average Bonchev–Trinajstić information content (AvgIpc) is 3.67. The van der Waals surface area contributed by atoms with Gasteiger partial charge in [-0.05, 0) is 75.6 Å². The molecule has 6 heterocycles. The molecule has 2 bridgehead atoms. The molecule has 0 spiro atoms. The van der Waals surface area contributed by atoms with Gasteiger partial charge in [0.05, 0.1) is 34.9 Å². The Morgan fingerprint density at radius 1 is 1.05 bits per heavy atom. The lowest BCUT2D eigenvalue weighted by molar-refractivity contribution is 0.107. The van der Waals surface area contributed by atoms with Gasteiger partial charge in [-0.1, -0.05) is 29.8 Å². The van der Waals surface area contributed by atoms with Gasteiger partial charge in [0.1, 0.15) is 18.2 Å². The third-order valence-corrected chi connectivity index (χ3v) is 10.9. The first kappa shape index (κ1) is 27.2. The number of nitrogens with zero attached hydrogens (tertiary/aromatic N) is 6. The van der Waals surface area contributed by atoms with E-state index in [9.17, 15) is 14.3 Å². The van der Waals surface area contributed by atoms with Crippen molar-refractivity contribution in [1.29, 1.82) is 0 Å². The summed E-state index contributed by atoms with van der Waals surface area (Å²) >= 11 is 6.51. The second-order valence-corrected chi connectivity index (χ2v) is 13.2. The molecule has 0 unspecified atom stereocenters. The summed E-state index contributed by atoms with van der Waals surface area (Å²) < 4.78 is 21.0. The maximum Gasteiger partial charge on any atom is 0.407 e. The molecule has 0 aliphatic carbocycles. The molecule has 5 aliphatic heterocycles. The van der Waals surface area contributed by atoms with Gasteiger partial charge in [-0.3, -0.25) is 9.80 Å². The molecule has 1 N–H and O–H groups in total. The maximum atomic E-state index is 14.6. The Morgan fingerprint density at radius 2 is 1.81 bits per heavy atom. The molecular weight excluding hydrogens is 571 g/mol. The van der Waals surface area contributed by atoms with Crippen LogP contribution in [-0.4, -0.2) is 87.9 Å². The second kappa shape index (κ2) is 10.4. The quantitative estimate of drug-likeness (QED) is 0.418. The van der Waals surface area contributed by atoms with E-state index in [1.165, 1.54) is 18.9 Å². The number of hydrogen-bond donors (Lipinski definition) is 1. The van der Waals surface area contributed by atoms with Crippen LogP contribution in [0.1, 0.15) is 49.8 Å². The Balaban J connectivity index is 1.15. The van der Waals surface area contributed by atoms with Gasteiger partial charge in [-0.25, -0.2) is 9.18 Å². The third kappa shape index (κ3) is 4.47. The number of aromatic nitrogens is 2. The van der Waals surface area contributed by atoms with E-state index in [1.54, 1.807) is 11.0 Å². The molecule has 4 fully saturated rings. The van der Waals surface area contributed by atoms with E-state index in [0.717, 1.165) is 66.9 Å². The maximum absolute atomic E-state index is 14.6. The summed E-state index contributed by atoms with van der Waals surface area (Å²) in [5.74, 6) is 0.442. The number of amides is 1. The number of benzene rings is 2. The lowest BCUT2D eigenvalue weighted by Crippen LogP contribution is -2.56. The fourth-order valence-corrected chi connectivity index (χ4v) is 8.79. The van der Waals surface area contributed by atoms with Gasteiger partial charge in [-0.15, -0.1) is 0 Å². The molecule has 2 aromatic carbocycles. The summed E-state index contributed by atoms with van der Waals surface area (Å²) in [6, 6.07) is 9.42. The lowest BCUT2D eigenvalue weighted by atomic mass is 9.95. The van der Waals surface area contributed by atoms with Crippen molar-refractivity contribution in [3.63, 3.8) is 0 Å². The third-order valence-electron chi connectivity index (χ3n) is 10.6. The minimum absolute atomic E-state index is 0.0385. The summed E-state index contributed by atoms with van der Waals surface area (Å²) in [6.07, 6.45) is 6.27. The van der Waals surface area contributed by atoms with Gasteiger partial charge in [-0.2, -0.15) is 9.97 Å². The molecule has 1 aromatic heterocycles. The standard InChI is InChI=1S/C32H36ClFN6O3/c33-28-24(34)9-6-20-4-1-5-26(27(20)28)37-15-10-23-25(18-37)35-30(43-19-32-11-2-13-39(32)14-3-12-32)36-29(23)38-16-21-7-8-22(17-38)40(21)31(41)42/h1,4-6,9,21-22H,2-3,7-8,10-19H2,(H,41,42)/t21-,22+. The highest BCUT2D eigenvalue weighted by Gasteiger charge is 2.46. The summed E-state index contributed by atoms with van der Waals surface area (Å²) in [7, 11) is 0. The Morgan fingerprint density at radius 3 is 2.56 bits per heavy atom. The molecule has 9 nitrogen and oxygen atoms in total. The number of anilines is 2. The summed E-state index contributed by atoms with van der Waals surface area (Å²) in [4.78, 5) is 30.7. The first-order valence-electron chi connectivity index (χ1n) is 15.6. The molecule has 43 heavy (non-hydrogen) atoms. The van der Waals surface area contributed by atoms with Crippen molar-refractivity contribution in [2.75, 3.05) is 49.1 Å². The van der Waals surface area contributed by atoms with Crippen molar-refractivity contribution in [3.8, 4) is 6.01 Å². The van der Waals surface area contributed by atoms with Crippen molar-refractivity contribution in [2.45, 2.75) is 69.1 Å². The van der Waals surface area contributed by atoms with E-state index in [2.05, 4.69) is 14.7 Å². The first-order chi connectivity index (χ1) is 20.9. The van der Waals surface area contributed by atoms with Gasteiger partial charge in [0.25, 0.3) is 0 Å². The van der Waals surface area contributed by atoms with Crippen LogP contribution < -0.4 is 14.5 Å². The predicted octanol–water partition coefficient (Wildman–Crippen LogP) is 5.32. The zero-order valence-corrected chi connectivity index (χ0v) is 24.9. The molecule has 2 atom stereocenters. The van der Waals surface area contributed by atoms with Gasteiger partial charge in [0.2, 0.25) is 0 Å². The highest BCUT2D eigenvalue weighted by Crippen LogP contribution is 2.41. The van der Waals surface area contributed by atoms with Crippen LogP contribution in [0.15, 0.2) is 30.3 Å².